The first-order chi connectivity index (χ1) is 20.4. The van der Waals surface area contributed by atoms with Crippen molar-refractivity contribution < 1.29 is 23.5 Å². The van der Waals surface area contributed by atoms with Gasteiger partial charge in [0.15, 0.2) is 5.60 Å². The van der Waals surface area contributed by atoms with Gasteiger partial charge in [0.2, 0.25) is 14.3 Å². The Bertz CT molecular complexity index is 1580. The fourth-order valence-corrected chi connectivity index (χ4v) is 10.8. The minimum Gasteiger partial charge on any atom is -0.394 e. The molecular weight excluding hydrogens is 698 g/mol. The lowest BCUT2D eigenvalue weighted by molar-refractivity contribution is -0.151. The van der Waals surface area contributed by atoms with Crippen molar-refractivity contribution in [2.24, 2.45) is 5.92 Å². The number of hydrogen-bond acceptors (Lipinski definition) is 4. The van der Waals surface area contributed by atoms with Crippen LogP contribution in [0.25, 0.3) is 0 Å². The van der Waals surface area contributed by atoms with Crippen molar-refractivity contribution in [1.29, 1.82) is 0 Å². The molecule has 0 saturated carbocycles. The molecule has 3 aromatic rings. The lowest BCUT2D eigenvalue weighted by atomic mass is 9.82. The molecule has 5 atom stereocenters. The van der Waals surface area contributed by atoms with Crippen LogP contribution in [0.15, 0.2) is 66.7 Å². The number of rotatable bonds is 6. The molecule has 3 heterocycles. The number of carbonyl (C=O) groups excluding carboxylic acids is 2. The molecule has 6 nitrogen and oxygen atoms in total. The highest BCUT2D eigenvalue weighted by molar-refractivity contribution is 14.1. The predicted octanol–water partition coefficient (Wildman–Crippen LogP) is 6.60. The van der Waals surface area contributed by atoms with Crippen molar-refractivity contribution in [3.05, 3.63) is 97.6 Å². The van der Waals surface area contributed by atoms with Crippen LogP contribution in [-0.4, -0.2) is 49.0 Å². The molecule has 0 bridgehead atoms. The second-order valence-corrected chi connectivity index (χ2v) is 18.0. The van der Waals surface area contributed by atoms with Crippen LogP contribution in [-0.2, 0) is 39.4 Å². The zero-order valence-electron chi connectivity index (χ0n) is 24.4. The topological polar surface area (TPSA) is 70.1 Å². The Hall–Kier alpha value is -2.31. The number of hydrogen-bond donors (Lipinski definition) is 1. The fraction of sp³-hybridized carbons (Fsp3) is 0.394. The van der Waals surface area contributed by atoms with E-state index < -0.39 is 31.6 Å². The second-order valence-electron chi connectivity index (χ2n) is 12.5. The molecule has 3 aliphatic heterocycles. The van der Waals surface area contributed by atoms with E-state index in [2.05, 4.69) is 22.6 Å². The number of anilines is 1. The van der Waals surface area contributed by atoms with E-state index in [1.54, 1.807) is 35.0 Å². The summed E-state index contributed by atoms with van der Waals surface area (Å²) in [6, 6.07) is 20.8. The number of amides is 2. The maximum atomic E-state index is 16.3. The maximum absolute atomic E-state index is 16.3. The second kappa shape index (κ2) is 11.6. The monoisotopic (exact) mass is 732 g/mol. The summed E-state index contributed by atoms with van der Waals surface area (Å²) in [6.45, 7) is 5.67. The molecule has 0 aromatic heterocycles. The van der Waals surface area contributed by atoms with Gasteiger partial charge in [-0.1, -0.05) is 54.9 Å². The van der Waals surface area contributed by atoms with Crippen LogP contribution < -0.4 is 4.90 Å². The maximum Gasteiger partial charge on any atom is 0.264 e. The van der Waals surface area contributed by atoms with E-state index >= 15 is 4.11 Å². The minimum absolute atomic E-state index is 0.0736. The van der Waals surface area contributed by atoms with Gasteiger partial charge in [-0.15, -0.1) is 0 Å². The zero-order valence-corrected chi connectivity index (χ0v) is 28.3. The normalized spacial score (nSPS) is 26.6. The van der Waals surface area contributed by atoms with Crippen molar-refractivity contribution >= 4 is 60.1 Å². The van der Waals surface area contributed by atoms with E-state index in [0.29, 0.717) is 35.8 Å². The number of aliphatic hydroxyl groups is 1. The smallest absolute Gasteiger partial charge is 0.264 e. The zero-order chi connectivity index (χ0) is 30.7. The molecule has 2 amide bonds. The van der Waals surface area contributed by atoms with Gasteiger partial charge in [0.1, 0.15) is 0 Å². The largest absolute Gasteiger partial charge is 0.394 e. The van der Waals surface area contributed by atoms with E-state index in [1.807, 2.05) is 61.5 Å². The molecule has 6 rings (SSSR count). The van der Waals surface area contributed by atoms with E-state index in [1.165, 1.54) is 0 Å². The van der Waals surface area contributed by atoms with Crippen molar-refractivity contribution in [3.8, 4) is 0 Å². The Labute approximate surface area is 271 Å². The van der Waals surface area contributed by atoms with Crippen LogP contribution in [0.3, 0.4) is 0 Å². The van der Waals surface area contributed by atoms with E-state index in [-0.39, 0.29) is 30.9 Å². The number of ether oxygens (including phenoxy) is 1. The SMILES string of the molecule is C[C@@H]1[C@@H]([Si](C)(C)F)[C@H](CC(=O)N2Cc3ccccc3C[C@H]2CO)O[C@@]12C(=O)N(Cc1cccc(I)c1)c1ccc(Cl)cc12. The molecule has 1 spiro atoms. The highest BCUT2D eigenvalue weighted by atomic mass is 127. The molecule has 1 N–H and O–H groups in total. The number of halogens is 3. The van der Waals surface area contributed by atoms with Crippen LogP contribution in [0.4, 0.5) is 9.80 Å². The molecule has 3 aliphatic rings. The Morgan fingerprint density at radius 2 is 1.88 bits per heavy atom. The lowest BCUT2D eigenvalue weighted by Crippen LogP contribution is -2.48. The number of benzene rings is 3. The summed E-state index contributed by atoms with van der Waals surface area (Å²) >= 11 is 8.74. The number of aliphatic hydroxyl groups excluding tert-OH is 1. The molecule has 0 radical (unpaired) electrons. The molecule has 10 heteroatoms. The third kappa shape index (κ3) is 5.35. The summed E-state index contributed by atoms with van der Waals surface area (Å²) in [5, 5.41) is 10.6. The van der Waals surface area contributed by atoms with Gasteiger partial charge in [0.25, 0.3) is 5.91 Å². The third-order valence-electron chi connectivity index (χ3n) is 9.41. The molecule has 3 aromatic carbocycles. The number of fused-ring (bicyclic) bond motifs is 3. The van der Waals surface area contributed by atoms with E-state index in [9.17, 15) is 14.7 Å². The van der Waals surface area contributed by atoms with Crippen molar-refractivity contribution in [3.63, 3.8) is 0 Å². The standard InChI is InChI=1S/C33H35ClFIN2O4Si/c1-20-31(43(2,3)35)29(16-30(40)37-18-23-9-5-4-8-22(23)14-26(37)19-39)42-33(20)27-15-24(34)11-12-28(27)38(32(33)41)17-21-7-6-10-25(36)13-21/h4-13,15,20,26,29,31,39H,14,16-19H2,1-3H3/t20-,26+,29+,31-,33+/m1/s1. The summed E-state index contributed by atoms with van der Waals surface area (Å²) in [7, 11) is -3.46. The van der Waals surface area contributed by atoms with Gasteiger partial charge in [-0.25, -0.2) is 0 Å². The highest BCUT2D eigenvalue weighted by Gasteiger charge is 2.67. The minimum atomic E-state index is -3.46. The van der Waals surface area contributed by atoms with Gasteiger partial charge in [-0.05, 0) is 89.1 Å². The number of nitrogens with zero attached hydrogens (tertiary/aromatic N) is 2. The van der Waals surface area contributed by atoms with Gasteiger partial charge in [-0.2, -0.15) is 0 Å². The fourth-order valence-electron chi connectivity index (χ4n) is 7.53. The number of carbonyl (C=O) groups is 2. The first-order valence-electron chi connectivity index (χ1n) is 14.6. The predicted molar refractivity (Wildman–Crippen MR) is 176 cm³/mol. The average Bonchev–Trinajstić information content (AvgIpc) is 3.38. The average molecular weight is 733 g/mol. The van der Waals surface area contributed by atoms with Crippen molar-refractivity contribution in [1.82, 2.24) is 4.90 Å². The third-order valence-corrected chi connectivity index (χ3v) is 12.8. The summed E-state index contributed by atoms with van der Waals surface area (Å²) in [4.78, 5) is 31.9. The van der Waals surface area contributed by atoms with Gasteiger partial charge < -0.3 is 23.8 Å². The van der Waals surface area contributed by atoms with Gasteiger partial charge in [-0.3, -0.25) is 9.59 Å². The molecule has 0 aliphatic carbocycles. The summed E-state index contributed by atoms with van der Waals surface area (Å²) < 4.78 is 24.1. The molecule has 1 saturated heterocycles. The van der Waals surface area contributed by atoms with Gasteiger partial charge in [0.05, 0.1) is 37.4 Å². The van der Waals surface area contributed by atoms with E-state index in [0.717, 1.165) is 20.3 Å². The van der Waals surface area contributed by atoms with Crippen molar-refractivity contribution in [2.45, 2.75) is 69.2 Å². The van der Waals surface area contributed by atoms with Crippen LogP contribution in [0.1, 0.15) is 35.6 Å². The highest BCUT2D eigenvalue weighted by Crippen LogP contribution is 2.60. The van der Waals surface area contributed by atoms with E-state index in [4.69, 9.17) is 16.3 Å². The molecular formula is C33H35ClFIN2O4Si. The van der Waals surface area contributed by atoms with Crippen molar-refractivity contribution in [2.75, 3.05) is 11.5 Å². The Kier molecular flexibility index (Phi) is 8.25. The van der Waals surface area contributed by atoms with Crippen LogP contribution in [0.5, 0.6) is 0 Å². The molecule has 1 fully saturated rings. The Morgan fingerprint density at radius 3 is 2.58 bits per heavy atom. The Balaban J connectivity index is 1.36. The van der Waals surface area contributed by atoms with Crippen LogP contribution in [0.2, 0.25) is 23.7 Å². The van der Waals surface area contributed by atoms with Gasteiger partial charge in [0, 0.05) is 32.2 Å². The van der Waals surface area contributed by atoms with Crippen LogP contribution in [0, 0.1) is 9.49 Å². The van der Waals surface area contributed by atoms with Crippen LogP contribution >= 0.6 is 34.2 Å². The summed E-state index contributed by atoms with van der Waals surface area (Å²) in [5.41, 5.74) is 2.36. The van der Waals surface area contributed by atoms with Gasteiger partial charge >= 0.3 is 0 Å². The quantitative estimate of drug-likeness (QED) is 0.176. The molecule has 0 unspecified atom stereocenters. The first-order valence-corrected chi connectivity index (χ1v) is 19.1. The molecule has 43 heavy (non-hydrogen) atoms. The summed E-state index contributed by atoms with van der Waals surface area (Å²) in [5.74, 6) is -0.994. The first kappa shape index (κ1) is 30.7. The summed E-state index contributed by atoms with van der Waals surface area (Å²) in [6.07, 6.45) is -0.330. The molecule has 226 valence electrons. The Morgan fingerprint density at radius 1 is 1.14 bits per heavy atom. The lowest BCUT2D eigenvalue weighted by Gasteiger charge is -2.37.